The molecule has 0 fully saturated rings. The van der Waals surface area contributed by atoms with Crippen molar-refractivity contribution in [3.05, 3.63) is 64.1 Å². The van der Waals surface area contributed by atoms with Crippen molar-refractivity contribution in [3.63, 3.8) is 0 Å². The van der Waals surface area contributed by atoms with Crippen LogP contribution in [-0.2, 0) is 10.0 Å². The molecule has 2 rings (SSSR count). The van der Waals surface area contributed by atoms with E-state index in [0.717, 1.165) is 0 Å². The van der Waals surface area contributed by atoms with Crippen molar-refractivity contribution < 1.29 is 8.42 Å². The van der Waals surface area contributed by atoms with Crippen LogP contribution in [0.3, 0.4) is 0 Å². The van der Waals surface area contributed by atoms with E-state index in [0.29, 0.717) is 15.6 Å². The van der Waals surface area contributed by atoms with Gasteiger partial charge in [-0.3, -0.25) is 0 Å². The molecule has 0 aliphatic carbocycles. The fourth-order valence-electron chi connectivity index (χ4n) is 1.40. The molecule has 0 aliphatic rings. The predicted molar refractivity (Wildman–Crippen MR) is 82.5 cm³/mol. The summed E-state index contributed by atoms with van der Waals surface area (Å²) in [5, 5.41) is 0.840. The first kappa shape index (κ1) is 15.3. The van der Waals surface area contributed by atoms with Crippen molar-refractivity contribution in [2.24, 2.45) is 4.40 Å². The monoisotopic (exact) mass is 347 g/mol. The van der Waals surface area contributed by atoms with Gasteiger partial charge in [-0.15, -0.1) is 4.40 Å². The van der Waals surface area contributed by atoms with E-state index < -0.39 is 10.0 Å². The fourth-order valence-corrected chi connectivity index (χ4v) is 2.96. The number of nitrogens with zero attached hydrogens (tertiary/aromatic N) is 1. The molecular formula is C13H8Cl3NO2S. The topological polar surface area (TPSA) is 46.5 Å². The number of rotatable bonds is 3. The van der Waals surface area contributed by atoms with Crippen LogP contribution >= 0.6 is 34.8 Å². The van der Waals surface area contributed by atoms with E-state index in [1.54, 1.807) is 24.3 Å². The Bertz CT molecular complexity index is 738. The summed E-state index contributed by atoms with van der Waals surface area (Å²) < 4.78 is 27.7. The van der Waals surface area contributed by atoms with Crippen LogP contribution in [0.1, 0.15) is 5.56 Å². The second kappa shape index (κ2) is 6.14. The molecule has 0 N–H and O–H groups in total. The SMILES string of the molecule is O=S(=O)(/N=C(/Cl)c1ccc(Cl)cc1)c1ccc(Cl)cc1. The van der Waals surface area contributed by atoms with Gasteiger partial charge in [-0.2, -0.15) is 8.42 Å². The lowest BCUT2D eigenvalue weighted by atomic mass is 10.2. The van der Waals surface area contributed by atoms with E-state index in [2.05, 4.69) is 4.40 Å². The maximum Gasteiger partial charge on any atom is 0.283 e. The van der Waals surface area contributed by atoms with Gasteiger partial charge in [0.25, 0.3) is 10.0 Å². The average Bonchev–Trinajstić information content (AvgIpc) is 2.39. The second-order valence-electron chi connectivity index (χ2n) is 3.82. The minimum atomic E-state index is -3.87. The van der Waals surface area contributed by atoms with E-state index in [-0.39, 0.29) is 10.1 Å². The maximum absolute atomic E-state index is 12.1. The van der Waals surface area contributed by atoms with Crippen molar-refractivity contribution in [2.75, 3.05) is 0 Å². The number of benzene rings is 2. The lowest BCUT2D eigenvalue weighted by Gasteiger charge is -2.01. The van der Waals surface area contributed by atoms with Crippen molar-refractivity contribution in [1.29, 1.82) is 0 Å². The summed E-state index contributed by atoms with van der Waals surface area (Å²) in [6.07, 6.45) is 0. The highest BCUT2D eigenvalue weighted by Crippen LogP contribution is 2.19. The smallest absolute Gasteiger partial charge is 0.199 e. The van der Waals surface area contributed by atoms with Gasteiger partial charge < -0.3 is 0 Å². The number of halogens is 3. The molecule has 0 radical (unpaired) electrons. The van der Waals surface area contributed by atoms with Crippen molar-refractivity contribution in [3.8, 4) is 0 Å². The quantitative estimate of drug-likeness (QED) is 0.773. The highest BCUT2D eigenvalue weighted by Gasteiger charge is 2.14. The van der Waals surface area contributed by atoms with Gasteiger partial charge in [0.1, 0.15) is 5.17 Å². The van der Waals surface area contributed by atoms with Crippen LogP contribution in [0.25, 0.3) is 0 Å². The van der Waals surface area contributed by atoms with Crippen LogP contribution < -0.4 is 0 Å². The third-order valence-electron chi connectivity index (χ3n) is 2.39. The first-order valence-electron chi connectivity index (χ1n) is 5.40. The van der Waals surface area contributed by atoms with E-state index in [9.17, 15) is 8.42 Å². The number of hydrogen-bond acceptors (Lipinski definition) is 2. The Morgan fingerprint density at radius 1 is 0.850 bits per heavy atom. The molecule has 0 saturated carbocycles. The summed E-state index contributed by atoms with van der Waals surface area (Å²) in [5.74, 6) is 0. The van der Waals surface area contributed by atoms with Gasteiger partial charge in [0.05, 0.1) is 4.90 Å². The first-order chi connectivity index (χ1) is 9.38. The Hall–Kier alpha value is -1.07. The van der Waals surface area contributed by atoms with Crippen LogP contribution in [0.2, 0.25) is 10.0 Å². The zero-order valence-corrected chi connectivity index (χ0v) is 13.0. The van der Waals surface area contributed by atoms with Crippen molar-refractivity contribution >= 4 is 50.0 Å². The summed E-state index contributed by atoms with van der Waals surface area (Å²) >= 11 is 17.4. The minimum absolute atomic E-state index is 0.0222. The molecule has 2 aromatic rings. The zero-order chi connectivity index (χ0) is 14.8. The standard InChI is InChI=1S/C13H8Cl3NO2S/c14-10-3-1-9(2-4-10)13(16)17-20(18,19)12-7-5-11(15)6-8-12/h1-8H/b17-13+. The molecular weight excluding hydrogens is 341 g/mol. The third-order valence-corrected chi connectivity index (χ3v) is 4.59. The van der Waals surface area contributed by atoms with Crippen LogP contribution in [0.5, 0.6) is 0 Å². The fraction of sp³-hybridized carbons (Fsp3) is 0. The summed E-state index contributed by atoms with van der Waals surface area (Å²) in [5.41, 5.74) is 0.466. The molecule has 0 saturated heterocycles. The summed E-state index contributed by atoms with van der Waals surface area (Å²) in [7, 11) is -3.87. The van der Waals surface area contributed by atoms with Gasteiger partial charge in [0.15, 0.2) is 0 Å². The highest BCUT2D eigenvalue weighted by atomic mass is 35.5. The molecule has 3 nitrogen and oxygen atoms in total. The maximum atomic E-state index is 12.1. The van der Waals surface area contributed by atoms with Crippen LogP contribution in [0, 0.1) is 0 Å². The molecule has 104 valence electrons. The summed E-state index contributed by atoms with van der Waals surface area (Å²) in [4.78, 5) is 0.0222. The Labute approximate surface area is 131 Å². The number of hydrogen-bond donors (Lipinski definition) is 0. The van der Waals surface area contributed by atoms with Gasteiger partial charge in [-0.05, 0) is 36.4 Å². The molecule has 0 heterocycles. The Balaban J connectivity index is 2.37. The Kier molecular flexibility index (Phi) is 4.70. The molecule has 0 atom stereocenters. The lowest BCUT2D eigenvalue weighted by molar-refractivity contribution is 0.598. The van der Waals surface area contributed by atoms with E-state index in [1.165, 1.54) is 24.3 Å². The summed E-state index contributed by atoms with van der Waals surface area (Å²) in [6.45, 7) is 0. The van der Waals surface area contributed by atoms with E-state index >= 15 is 0 Å². The summed E-state index contributed by atoms with van der Waals surface area (Å²) in [6, 6.07) is 12.1. The molecule has 0 spiro atoms. The zero-order valence-electron chi connectivity index (χ0n) is 9.92. The molecule has 0 bridgehead atoms. The third kappa shape index (κ3) is 3.73. The van der Waals surface area contributed by atoms with Gasteiger partial charge in [-0.1, -0.05) is 46.9 Å². The van der Waals surface area contributed by atoms with Gasteiger partial charge in [0.2, 0.25) is 0 Å². The van der Waals surface area contributed by atoms with Gasteiger partial charge in [0, 0.05) is 15.6 Å². The molecule has 0 aromatic heterocycles. The van der Waals surface area contributed by atoms with Crippen LogP contribution in [0.4, 0.5) is 0 Å². The first-order valence-corrected chi connectivity index (χ1v) is 7.98. The largest absolute Gasteiger partial charge is 0.283 e. The van der Waals surface area contributed by atoms with E-state index in [4.69, 9.17) is 34.8 Å². The average molecular weight is 349 g/mol. The van der Waals surface area contributed by atoms with Crippen LogP contribution in [-0.4, -0.2) is 13.6 Å². The number of sulfonamides is 1. The lowest BCUT2D eigenvalue weighted by Crippen LogP contribution is -2.01. The van der Waals surface area contributed by atoms with Crippen LogP contribution in [0.15, 0.2) is 57.8 Å². The Morgan fingerprint density at radius 2 is 1.30 bits per heavy atom. The molecule has 7 heteroatoms. The van der Waals surface area contributed by atoms with Crippen molar-refractivity contribution in [2.45, 2.75) is 4.90 Å². The molecule has 2 aromatic carbocycles. The molecule has 0 unspecified atom stereocenters. The Morgan fingerprint density at radius 3 is 1.80 bits per heavy atom. The van der Waals surface area contributed by atoms with Gasteiger partial charge in [-0.25, -0.2) is 0 Å². The van der Waals surface area contributed by atoms with Gasteiger partial charge >= 0.3 is 0 Å². The van der Waals surface area contributed by atoms with Crippen molar-refractivity contribution in [1.82, 2.24) is 0 Å². The normalized spacial score (nSPS) is 12.4. The minimum Gasteiger partial charge on any atom is -0.199 e. The molecule has 0 aliphatic heterocycles. The highest BCUT2D eigenvalue weighted by molar-refractivity contribution is 7.90. The van der Waals surface area contributed by atoms with E-state index in [1.807, 2.05) is 0 Å². The molecule has 20 heavy (non-hydrogen) atoms. The second-order valence-corrected chi connectivity index (χ2v) is 6.65. The molecule has 0 amide bonds. The predicted octanol–water partition coefficient (Wildman–Crippen LogP) is 4.37.